The van der Waals surface area contributed by atoms with Gasteiger partial charge in [-0.15, -0.1) is 0 Å². The maximum atomic E-state index is 12.8. The van der Waals surface area contributed by atoms with E-state index in [1.807, 2.05) is 30.9 Å². The van der Waals surface area contributed by atoms with Crippen LogP contribution in [0.4, 0.5) is 10.5 Å². The van der Waals surface area contributed by atoms with E-state index >= 15 is 0 Å². The average molecular weight is 427 g/mol. The van der Waals surface area contributed by atoms with Crippen molar-refractivity contribution in [2.75, 3.05) is 44.7 Å². The standard InChI is InChI=1S/C23H30N4O4/c1-15-12-16(2)14-19(13-15)24-23(29)27-6-4-18(5-7-27)21-25-20(17(3)31-21)22(28)26-8-10-30-11-9-26/h12-14,18H,4-11H2,1-3H3,(H,24,29). The topological polar surface area (TPSA) is 87.9 Å². The number of anilines is 1. The van der Waals surface area contributed by atoms with Crippen LogP contribution in [-0.4, -0.2) is 66.1 Å². The highest BCUT2D eigenvalue weighted by molar-refractivity contribution is 5.93. The minimum absolute atomic E-state index is 0.0878. The molecule has 3 amide bonds. The van der Waals surface area contributed by atoms with E-state index in [1.54, 1.807) is 11.8 Å². The number of nitrogens with one attached hydrogen (secondary N) is 1. The Balaban J connectivity index is 1.35. The number of piperidine rings is 1. The van der Waals surface area contributed by atoms with Crippen LogP contribution in [0.25, 0.3) is 0 Å². The minimum Gasteiger partial charge on any atom is -0.445 e. The molecule has 4 rings (SSSR count). The third kappa shape index (κ3) is 4.90. The molecule has 0 aliphatic carbocycles. The lowest BCUT2D eigenvalue weighted by molar-refractivity contribution is 0.0298. The van der Waals surface area contributed by atoms with Gasteiger partial charge >= 0.3 is 6.03 Å². The highest BCUT2D eigenvalue weighted by Crippen LogP contribution is 2.29. The highest BCUT2D eigenvalue weighted by Gasteiger charge is 2.30. The molecule has 31 heavy (non-hydrogen) atoms. The first-order valence-corrected chi connectivity index (χ1v) is 10.9. The fraction of sp³-hybridized carbons (Fsp3) is 0.522. The smallest absolute Gasteiger partial charge is 0.321 e. The van der Waals surface area contributed by atoms with Gasteiger partial charge in [-0.25, -0.2) is 9.78 Å². The molecule has 1 aromatic heterocycles. The largest absolute Gasteiger partial charge is 0.445 e. The number of likely N-dealkylation sites (tertiary alicyclic amines) is 1. The number of oxazole rings is 1. The zero-order valence-electron chi connectivity index (χ0n) is 18.4. The van der Waals surface area contributed by atoms with Gasteiger partial charge in [0, 0.05) is 37.8 Å². The molecule has 8 heteroatoms. The number of amides is 3. The molecular formula is C23H30N4O4. The molecule has 1 aromatic carbocycles. The SMILES string of the molecule is Cc1cc(C)cc(NC(=O)N2CCC(c3nc(C(=O)N4CCOCC4)c(C)o3)CC2)c1. The fourth-order valence-electron chi connectivity index (χ4n) is 4.29. The summed E-state index contributed by atoms with van der Waals surface area (Å²) in [5.74, 6) is 1.17. The van der Waals surface area contributed by atoms with Gasteiger partial charge in [0.2, 0.25) is 0 Å². The molecule has 0 unspecified atom stereocenters. The number of aryl methyl sites for hydroxylation is 3. The number of urea groups is 1. The van der Waals surface area contributed by atoms with E-state index in [2.05, 4.69) is 16.4 Å². The summed E-state index contributed by atoms with van der Waals surface area (Å²) in [6.07, 6.45) is 1.51. The van der Waals surface area contributed by atoms with Crippen LogP contribution in [0.2, 0.25) is 0 Å². The summed E-state index contributed by atoms with van der Waals surface area (Å²) in [4.78, 5) is 33.6. The van der Waals surface area contributed by atoms with Gasteiger partial charge in [0.1, 0.15) is 5.76 Å². The first-order chi connectivity index (χ1) is 14.9. The van der Waals surface area contributed by atoms with Crippen molar-refractivity contribution >= 4 is 17.6 Å². The van der Waals surface area contributed by atoms with E-state index in [0.717, 1.165) is 29.7 Å². The number of carbonyl (C=O) groups excluding carboxylic acids is 2. The third-order valence-corrected chi connectivity index (χ3v) is 5.92. The maximum absolute atomic E-state index is 12.8. The van der Waals surface area contributed by atoms with Crippen LogP contribution in [-0.2, 0) is 4.74 Å². The van der Waals surface area contributed by atoms with E-state index in [1.165, 1.54) is 0 Å². The summed E-state index contributed by atoms with van der Waals surface area (Å²) >= 11 is 0. The van der Waals surface area contributed by atoms with Gasteiger partial charge in [0.15, 0.2) is 11.6 Å². The number of hydrogen-bond acceptors (Lipinski definition) is 5. The zero-order valence-corrected chi connectivity index (χ0v) is 18.4. The predicted octanol–water partition coefficient (Wildman–Crippen LogP) is 3.48. The Morgan fingerprint density at radius 1 is 0.968 bits per heavy atom. The Morgan fingerprint density at radius 3 is 2.26 bits per heavy atom. The number of nitrogens with zero attached hydrogens (tertiary/aromatic N) is 3. The molecule has 0 saturated carbocycles. The van der Waals surface area contributed by atoms with Crippen LogP contribution >= 0.6 is 0 Å². The number of morpholine rings is 1. The molecule has 0 bridgehead atoms. The summed E-state index contributed by atoms with van der Waals surface area (Å²) in [5, 5.41) is 3.00. The first-order valence-electron chi connectivity index (χ1n) is 10.9. The van der Waals surface area contributed by atoms with Crippen molar-refractivity contribution in [3.8, 4) is 0 Å². The summed E-state index contributed by atoms with van der Waals surface area (Å²) in [5.41, 5.74) is 3.46. The lowest BCUT2D eigenvalue weighted by Gasteiger charge is -2.30. The van der Waals surface area contributed by atoms with Gasteiger partial charge in [-0.05, 0) is 56.9 Å². The summed E-state index contributed by atoms with van der Waals surface area (Å²) in [7, 11) is 0. The van der Waals surface area contributed by atoms with Crippen molar-refractivity contribution in [3.63, 3.8) is 0 Å². The molecule has 1 N–H and O–H groups in total. The van der Waals surface area contributed by atoms with E-state index in [9.17, 15) is 9.59 Å². The Hall–Kier alpha value is -2.87. The van der Waals surface area contributed by atoms with E-state index < -0.39 is 0 Å². The summed E-state index contributed by atoms with van der Waals surface area (Å²) < 4.78 is 11.2. The molecule has 0 atom stereocenters. The molecule has 2 aliphatic rings. The van der Waals surface area contributed by atoms with Crippen LogP contribution in [0.3, 0.4) is 0 Å². The normalized spacial score (nSPS) is 17.6. The van der Waals surface area contributed by atoms with Gasteiger partial charge in [0.05, 0.1) is 13.2 Å². The van der Waals surface area contributed by atoms with Crippen molar-refractivity contribution in [2.24, 2.45) is 0 Å². The van der Waals surface area contributed by atoms with Gasteiger partial charge in [-0.2, -0.15) is 0 Å². The number of carbonyl (C=O) groups is 2. The van der Waals surface area contributed by atoms with Crippen LogP contribution in [0.15, 0.2) is 22.6 Å². The predicted molar refractivity (Wildman–Crippen MR) is 116 cm³/mol. The lowest BCUT2D eigenvalue weighted by Crippen LogP contribution is -2.41. The minimum atomic E-state index is -0.0962. The second-order valence-corrected chi connectivity index (χ2v) is 8.43. The Kier molecular flexibility index (Phi) is 6.27. The summed E-state index contributed by atoms with van der Waals surface area (Å²) in [6.45, 7) is 9.33. The molecule has 2 aromatic rings. The Morgan fingerprint density at radius 2 is 1.61 bits per heavy atom. The fourth-order valence-corrected chi connectivity index (χ4v) is 4.29. The average Bonchev–Trinajstić information content (AvgIpc) is 3.15. The van der Waals surface area contributed by atoms with Gasteiger partial charge in [-0.1, -0.05) is 6.07 Å². The highest BCUT2D eigenvalue weighted by atomic mass is 16.5. The van der Waals surface area contributed by atoms with Gasteiger partial charge < -0.3 is 24.3 Å². The monoisotopic (exact) mass is 426 g/mol. The lowest BCUT2D eigenvalue weighted by atomic mass is 9.97. The van der Waals surface area contributed by atoms with Crippen LogP contribution in [0.5, 0.6) is 0 Å². The second kappa shape index (κ2) is 9.09. The zero-order chi connectivity index (χ0) is 22.0. The van der Waals surface area contributed by atoms with Crippen LogP contribution in [0, 0.1) is 20.8 Å². The van der Waals surface area contributed by atoms with E-state index in [4.69, 9.17) is 9.15 Å². The maximum Gasteiger partial charge on any atom is 0.321 e. The molecular weight excluding hydrogens is 396 g/mol. The summed E-state index contributed by atoms with van der Waals surface area (Å²) in [6, 6.07) is 5.94. The first kappa shape index (κ1) is 21.4. The van der Waals surface area contributed by atoms with Crippen molar-refractivity contribution in [3.05, 3.63) is 46.7 Å². The molecule has 8 nitrogen and oxygen atoms in total. The molecule has 3 heterocycles. The van der Waals surface area contributed by atoms with Crippen LogP contribution in [0.1, 0.15) is 52.0 Å². The van der Waals surface area contributed by atoms with E-state index in [-0.39, 0.29) is 17.9 Å². The van der Waals surface area contributed by atoms with E-state index in [0.29, 0.717) is 56.7 Å². The molecule has 0 spiro atoms. The molecule has 0 radical (unpaired) electrons. The third-order valence-electron chi connectivity index (χ3n) is 5.92. The molecule has 166 valence electrons. The van der Waals surface area contributed by atoms with Crippen molar-refractivity contribution in [2.45, 2.75) is 39.5 Å². The molecule has 2 saturated heterocycles. The second-order valence-electron chi connectivity index (χ2n) is 8.43. The number of benzene rings is 1. The van der Waals surface area contributed by atoms with Gasteiger partial charge in [0.25, 0.3) is 5.91 Å². The van der Waals surface area contributed by atoms with Gasteiger partial charge in [-0.3, -0.25) is 4.79 Å². The number of hydrogen-bond donors (Lipinski definition) is 1. The van der Waals surface area contributed by atoms with Crippen molar-refractivity contribution < 1.29 is 18.7 Å². The number of rotatable bonds is 3. The Bertz CT molecular complexity index is 936. The number of ether oxygens (including phenoxy) is 1. The Labute approximate surface area is 182 Å². The van der Waals surface area contributed by atoms with Crippen molar-refractivity contribution in [1.82, 2.24) is 14.8 Å². The molecule has 2 aliphatic heterocycles. The molecule has 2 fully saturated rings. The number of aromatic nitrogens is 1. The van der Waals surface area contributed by atoms with Crippen molar-refractivity contribution in [1.29, 1.82) is 0 Å². The quantitative estimate of drug-likeness (QED) is 0.812. The van der Waals surface area contributed by atoms with Crippen LogP contribution < -0.4 is 5.32 Å².